The number of aromatic nitrogens is 1. The fourth-order valence-electron chi connectivity index (χ4n) is 3.05. The molecule has 3 aromatic carbocycles. The van der Waals surface area contributed by atoms with Crippen molar-refractivity contribution in [3.63, 3.8) is 0 Å². The van der Waals surface area contributed by atoms with Crippen molar-refractivity contribution in [3.05, 3.63) is 100 Å². The predicted molar refractivity (Wildman–Crippen MR) is 122 cm³/mol. The summed E-state index contributed by atoms with van der Waals surface area (Å²) in [7, 11) is 0. The van der Waals surface area contributed by atoms with Crippen molar-refractivity contribution in [2.75, 3.05) is 5.32 Å². The highest BCUT2D eigenvalue weighted by Gasteiger charge is 2.15. The van der Waals surface area contributed by atoms with Gasteiger partial charge in [-0.1, -0.05) is 42.5 Å². The maximum Gasteiger partial charge on any atom is 0.273 e. The molecule has 0 aliphatic rings. The largest absolute Gasteiger partial charge is 0.361 e. The van der Waals surface area contributed by atoms with Gasteiger partial charge in [0.1, 0.15) is 0 Å². The van der Waals surface area contributed by atoms with Gasteiger partial charge in [0.05, 0.1) is 23.0 Å². The van der Waals surface area contributed by atoms with Crippen molar-refractivity contribution < 1.29 is 9.59 Å². The van der Waals surface area contributed by atoms with Crippen LogP contribution in [0.15, 0.2) is 88.6 Å². The number of benzene rings is 3. The zero-order valence-corrected chi connectivity index (χ0v) is 17.3. The molecular formula is C23H17BrN4O2. The van der Waals surface area contributed by atoms with Crippen molar-refractivity contribution in [3.8, 4) is 0 Å². The summed E-state index contributed by atoms with van der Waals surface area (Å²) in [6.45, 7) is 0. The summed E-state index contributed by atoms with van der Waals surface area (Å²) in [6.07, 6.45) is 3.41. The van der Waals surface area contributed by atoms with Gasteiger partial charge in [0.2, 0.25) is 0 Å². The van der Waals surface area contributed by atoms with E-state index in [2.05, 4.69) is 36.8 Å². The van der Waals surface area contributed by atoms with Gasteiger partial charge in [-0.3, -0.25) is 9.59 Å². The van der Waals surface area contributed by atoms with E-state index in [1.165, 1.54) is 0 Å². The number of halogens is 1. The van der Waals surface area contributed by atoms with E-state index in [4.69, 9.17) is 0 Å². The molecule has 1 heterocycles. The Labute approximate surface area is 181 Å². The van der Waals surface area contributed by atoms with Crippen molar-refractivity contribution in [1.82, 2.24) is 10.4 Å². The Hall–Kier alpha value is -3.71. The molecule has 4 rings (SSSR count). The Morgan fingerprint density at radius 2 is 1.57 bits per heavy atom. The summed E-state index contributed by atoms with van der Waals surface area (Å²) < 4.78 is 0.674. The molecule has 0 spiro atoms. The maximum absolute atomic E-state index is 12.6. The summed E-state index contributed by atoms with van der Waals surface area (Å²) in [4.78, 5) is 28.4. The van der Waals surface area contributed by atoms with E-state index in [-0.39, 0.29) is 5.91 Å². The van der Waals surface area contributed by atoms with Crippen LogP contribution < -0.4 is 10.7 Å². The molecule has 0 fully saturated rings. The minimum atomic E-state index is -0.422. The van der Waals surface area contributed by atoms with Gasteiger partial charge in [-0.2, -0.15) is 5.10 Å². The van der Waals surface area contributed by atoms with Crippen LogP contribution in [0.4, 0.5) is 5.69 Å². The van der Waals surface area contributed by atoms with E-state index < -0.39 is 5.91 Å². The van der Waals surface area contributed by atoms with E-state index in [0.29, 0.717) is 21.3 Å². The highest BCUT2D eigenvalue weighted by molar-refractivity contribution is 9.10. The van der Waals surface area contributed by atoms with Crippen LogP contribution in [0.3, 0.4) is 0 Å². The Morgan fingerprint density at radius 3 is 2.40 bits per heavy atom. The average molecular weight is 461 g/mol. The number of carbonyl (C=O) groups is 2. The quantitative estimate of drug-likeness (QED) is 0.290. The topological polar surface area (TPSA) is 86.3 Å². The zero-order chi connectivity index (χ0) is 20.9. The summed E-state index contributed by atoms with van der Waals surface area (Å²) in [5.41, 5.74) is 5.57. The number of hydrogen-bond donors (Lipinski definition) is 3. The first kappa shape index (κ1) is 19.6. The fourth-order valence-corrected chi connectivity index (χ4v) is 3.51. The molecule has 0 aliphatic heterocycles. The number of hydrazone groups is 1. The van der Waals surface area contributed by atoms with Gasteiger partial charge in [-0.15, -0.1) is 0 Å². The number of amides is 2. The summed E-state index contributed by atoms with van der Waals surface area (Å²) in [5.74, 6) is -0.737. The van der Waals surface area contributed by atoms with Crippen molar-refractivity contribution in [2.24, 2.45) is 5.10 Å². The maximum atomic E-state index is 12.6. The third-order valence-corrected chi connectivity index (χ3v) is 5.22. The molecule has 0 radical (unpaired) electrons. The van der Waals surface area contributed by atoms with E-state index >= 15 is 0 Å². The van der Waals surface area contributed by atoms with Crippen LogP contribution in [-0.4, -0.2) is 23.0 Å². The number of aromatic amines is 1. The molecular weight excluding hydrogens is 444 g/mol. The summed E-state index contributed by atoms with van der Waals surface area (Å²) in [6, 6.07) is 21.7. The number of carbonyl (C=O) groups excluding carboxylic acids is 2. The van der Waals surface area contributed by atoms with E-state index in [1.807, 2.05) is 36.5 Å². The van der Waals surface area contributed by atoms with E-state index in [9.17, 15) is 9.59 Å². The Balaban J connectivity index is 1.49. The second-order valence-electron chi connectivity index (χ2n) is 6.47. The molecule has 7 heteroatoms. The number of nitrogens with one attached hydrogen (secondary N) is 3. The number of nitrogens with zero attached hydrogens (tertiary/aromatic N) is 1. The highest BCUT2D eigenvalue weighted by Crippen LogP contribution is 2.20. The van der Waals surface area contributed by atoms with E-state index in [1.54, 1.807) is 48.7 Å². The fraction of sp³-hybridized carbons (Fsp3) is 0. The number of fused-ring (bicyclic) bond motifs is 1. The van der Waals surface area contributed by atoms with Gasteiger partial charge in [-0.25, -0.2) is 5.43 Å². The third kappa shape index (κ3) is 4.16. The predicted octanol–water partition coefficient (Wildman–Crippen LogP) is 4.95. The molecule has 30 heavy (non-hydrogen) atoms. The Bertz CT molecular complexity index is 1260. The van der Waals surface area contributed by atoms with Gasteiger partial charge in [0, 0.05) is 27.1 Å². The molecule has 4 aromatic rings. The van der Waals surface area contributed by atoms with Gasteiger partial charge >= 0.3 is 0 Å². The van der Waals surface area contributed by atoms with Crippen molar-refractivity contribution >= 4 is 50.5 Å². The molecule has 1 aromatic heterocycles. The molecule has 0 unspecified atom stereocenters. The highest BCUT2D eigenvalue weighted by atomic mass is 79.9. The van der Waals surface area contributed by atoms with Crippen LogP contribution in [0.1, 0.15) is 26.3 Å². The summed E-state index contributed by atoms with van der Waals surface area (Å²) >= 11 is 3.37. The minimum absolute atomic E-state index is 0.314. The van der Waals surface area contributed by atoms with Crippen LogP contribution in [0.2, 0.25) is 0 Å². The number of para-hydroxylation sites is 2. The van der Waals surface area contributed by atoms with Crippen LogP contribution in [-0.2, 0) is 0 Å². The normalized spacial score (nSPS) is 11.0. The molecule has 0 saturated carbocycles. The molecule has 0 bridgehead atoms. The number of rotatable bonds is 5. The molecule has 148 valence electrons. The first-order valence-corrected chi connectivity index (χ1v) is 9.97. The van der Waals surface area contributed by atoms with E-state index in [0.717, 1.165) is 16.5 Å². The third-order valence-electron chi connectivity index (χ3n) is 4.53. The van der Waals surface area contributed by atoms with Crippen molar-refractivity contribution in [2.45, 2.75) is 0 Å². The first-order chi connectivity index (χ1) is 14.6. The molecule has 6 nitrogen and oxygen atoms in total. The summed E-state index contributed by atoms with van der Waals surface area (Å²) in [5, 5.41) is 7.87. The van der Waals surface area contributed by atoms with Crippen LogP contribution >= 0.6 is 15.9 Å². The molecule has 0 saturated heterocycles. The van der Waals surface area contributed by atoms with Crippen LogP contribution in [0, 0.1) is 0 Å². The lowest BCUT2D eigenvalue weighted by Gasteiger charge is -2.10. The van der Waals surface area contributed by atoms with Crippen LogP contribution in [0.5, 0.6) is 0 Å². The van der Waals surface area contributed by atoms with Gasteiger partial charge in [-0.05, 0) is 46.3 Å². The van der Waals surface area contributed by atoms with Gasteiger partial charge in [0.15, 0.2) is 0 Å². The minimum Gasteiger partial charge on any atom is -0.361 e. The van der Waals surface area contributed by atoms with Gasteiger partial charge < -0.3 is 10.3 Å². The SMILES string of the molecule is O=C(Nc1ccccc1C(=O)N/N=C/c1c[nH]c2ccccc12)c1ccccc1Br. The molecule has 3 N–H and O–H groups in total. The first-order valence-electron chi connectivity index (χ1n) is 9.18. The Morgan fingerprint density at radius 1 is 0.867 bits per heavy atom. The lowest BCUT2D eigenvalue weighted by Crippen LogP contribution is -2.21. The number of H-pyrrole nitrogens is 1. The second kappa shape index (κ2) is 8.75. The molecule has 0 atom stereocenters. The number of hydrogen-bond acceptors (Lipinski definition) is 3. The Kier molecular flexibility index (Phi) is 5.72. The lowest BCUT2D eigenvalue weighted by molar-refractivity contribution is 0.0956. The number of anilines is 1. The van der Waals surface area contributed by atoms with Crippen molar-refractivity contribution in [1.29, 1.82) is 0 Å². The standard InChI is InChI=1S/C23H17BrN4O2/c24-19-10-4-1-8-17(19)22(29)27-21-12-6-3-9-18(21)23(30)28-26-14-15-13-25-20-11-5-2-7-16(15)20/h1-14,25H,(H,27,29)(H,28,30)/b26-14+. The van der Waals surface area contributed by atoms with Gasteiger partial charge in [0.25, 0.3) is 11.8 Å². The monoisotopic (exact) mass is 460 g/mol. The molecule has 0 aliphatic carbocycles. The lowest BCUT2D eigenvalue weighted by atomic mass is 10.1. The average Bonchev–Trinajstić information content (AvgIpc) is 3.17. The second-order valence-corrected chi connectivity index (χ2v) is 7.32. The zero-order valence-electron chi connectivity index (χ0n) is 15.7. The smallest absolute Gasteiger partial charge is 0.273 e. The molecule has 2 amide bonds. The van der Waals surface area contributed by atoms with Crippen LogP contribution in [0.25, 0.3) is 10.9 Å².